The zero-order valence-electron chi connectivity index (χ0n) is 8.50. The van der Waals surface area contributed by atoms with Gasteiger partial charge in [0.05, 0.1) is 6.10 Å². The fourth-order valence-electron chi connectivity index (χ4n) is 2.23. The van der Waals surface area contributed by atoms with Crippen molar-refractivity contribution in [1.29, 1.82) is 0 Å². The van der Waals surface area contributed by atoms with Gasteiger partial charge >= 0.3 is 0 Å². The predicted octanol–water partition coefficient (Wildman–Crippen LogP) is 1.39. The van der Waals surface area contributed by atoms with Crippen LogP contribution in [0.15, 0.2) is 0 Å². The van der Waals surface area contributed by atoms with Crippen LogP contribution in [0.25, 0.3) is 0 Å². The maximum Gasteiger partial charge on any atom is 0.0636 e. The summed E-state index contributed by atoms with van der Waals surface area (Å²) in [5.41, 5.74) is 0. The van der Waals surface area contributed by atoms with Crippen LogP contribution >= 0.6 is 0 Å². The normalized spacial score (nSPS) is 25.2. The molecule has 2 fully saturated rings. The third kappa shape index (κ3) is 2.96. The number of aliphatic hydroxyl groups is 1. The summed E-state index contributed by atoms with van der Waals surface area (Å²) in [5, 5.41) is 12.5. The standard InChI is InChI=1S/C11H21NO/c1-8(13)6-12-7-11(9-2-3-9)10-4-5-10/h8-13H,2-7H2,1H3. The molecule has 2 saturated carbocycles. The highest BCUT2D eigenvalue weighted by Gasteiger charge is 2.40. The highest BCUT2D eigenvalue weighted by molar-refractivity contribution is 4.92. The topological polar surface area (TPSA) is 32.3 Å². The number of aliphatic hydroxyl groups excluding tert-OH is 1. The first-order chi connectivity index (χ1) is 6.27. The molecule has 1 atom stereocenters. The van der Waals surface area contributed by atoms with Gasteiger partial charge in [0.25, 0.3) is 0 Å². The Labute approximate surface area is 80.7 Å². The largest absolute Gasteiger partial charge is 0.392 e. The molecular weight excluding hydrogens is 162 g/mol. The van der Waals surface area contributed by atoms with Crippen LogP contribution in [-0.4, -0.2) is 24.3 Å². The maximum atomic E-state index is 9.11. The van der Waals surface area contributed by atoms with Crippen molar-refractivity contribution in [2.45, 2.75) is 38.7 Å². The summed E-state index contributed by atoms with van der Waals surface area (Å²) >= 11 is 0. The Morgan fingerprint density at radius 2 is 1.69 bits per heavy atom. The third-order valence-electron chi connectivity index (χ3n) is 3.27. The first-order valence-electron chi connectivity index (χ1n) is 5.66. The van der Waals surface area contributed by atoms with Gasteiger partial charge in [0.1, 0.15) is 0 Å². The van der Waals surface area contributed by atoms with Crippen molar-refractivity contribution >= 4 is 0 Å². The van der Waals surface area contributed by atoms with E-state index in [0.717, 1.165) is 30.8 Å². The second-order valence-electron chi connectivity index (χ2n) is 4.85. The Kier molecular flexibility index (Phi) is 2.89. The average Bonchev–Trinajstić information content (AvgIpc) is 2.89. The molecule has 76 valence electrons. The van der Waals surface area contributed by atoms with Gasteiger partial charge in [-0.25, -0.2) is 0 Å². The van der Waals surface area contributed by atoms with Crippen LogP contribution in [0.5, 0.6) is 0 Å². The van der Waals surface area contributed by atoms with Crippen molar-refractivity contribution in [1.82, 2.24) is 5.32 Å². The van der Waals surface area contributed by atoms with Gasteiger partial charge in [-0.2, -0.15) is 0 Å². The smallest absolute Gasteiger partial charge is 0.0636 e. The van der Waals surface area contributed by atoms with E-state index in [2.05, 4.69) is 5.32 Å². The molecule has 0 spiro atoms. The van der Waals surface area contributed by atoms with E-state index >= 15 is 0 Å². The third-order valence-corrected chi connectivity index (χ3v) is 3.27. The monoisotopic (exact) mass is 183 g/mol. The van der Waals surface area contributed by atoms with E-state index in [4.69, 9.17) is 5.11 Å². The molecule has 0 heterocycles. The lowest BCUT2D eigenvalue weighted by Gasteiger charge is -2.16. The Hall–Kier alpha value is -0.0800. The van der Waals surface area contributed by atoms with Crippen LogP contribution in [0.2, 0.25) is 0 Å². The van der Waals surface area contributed by atoms with Crippen LogP contribution < -0.4 is 5.32 Å². The highest BCUT2D eigenvalue weighted by Crippen LogP contribution is 2.48. The van der Waals surface area contributed by atoms with Gasteiger partial charge in [0.2, 0.25) is 0 Å². The van der Waals surface area contributed by atoms with Gasteiger partial charge in [-0.1, -0.05) is 0 Å². The van der Waals surface area contributed by atoms with Crippen LogP contribution in [0.3, 0.4) is 0 Å². The van der Waals surface area contributed by atoms with Crippen LogP contribution in [0, 0.1) is 17.8 Å². The first kappa shape index (κ1) is 9.47. The second-order valence-corrected chi connectivity index (χ2v) is 4.85. The number of nitrogens with one attached hydrogen (secondary N) is 1. The molecule has 0 aromatic heterocycles. The second kappa shape index (κ2) is 3.97. The summed E-state index contributed by atoms with van der Waals surface area (Å²) < 4.78 is 0. The fourth-order valence-corrected chi connectivity index (χ4v) is 2.23. The van der Waals surface area contributed by atoms with E-state index in [1.54, 1.807) is 0 Å². The molecule has 0 aliphatic heterocycles. The number of rotatable bonds is 6. The maximum absolute atomic E-state index is 9.11. The average molecular weight is 183 g/mol. The molecule has 0 amide bonds. The zero-order chi connectivity index (χ0) is 9.26. The van der Waals surface area contributed by atoms with Crippen LogP contribution in [-0.2, 0) is 0 Å². The Balaban J connectivity index is 1.64. The van der Waals surface area contributed by atoms with E-state index in [9.17, 15) is 0 Å². The molecule has 13 heavy (non-hydrogen) atoms. The van der Waals surface area contributed by atoms with Gasteiger partial charge in [-0.3, -0.25) is 0 Å². The highest BCUT2D eigenvalue weighted by atomic mass is 16.3. The van der Waals surface area contributed by atoms with E-state index in [1.165, 1.54) is 25.7 Å². The van der Waals surface area contributed by atoms with Crippen LogP contribution in [0.4, 0.5) is 0 Å². The summed E-state index contributed by atoms with van der Waals surface area (Å²) in [4.78, 5) is 0. The summed E-state index contributed by atoms with van der Waals surface area (Å²) in [6.07, 6.45) is 5.63. The number of hydrogen-bond donors (Lipinski definition) is 2. The predicted molar refractivity (Wildman–Crippen MR) is 53.5 cm³/mol. The lowest BCUT2D eigenvalue weighted by atomic mass is 9.98. The molecule has 0 aromatic carbocycles. The summed E-state index contributed by atoms with van der Waals surface area (Å²) in [6, 6.07) is 0. The molecule has 2 nitrogen and oxygen atoms in total. The molecule has 1 unspecified atom stereocenters. The van der Waals surface area contributed by atoms with E-state index < -0.39 is 0 Å². The molecule has 0 aromatic rings. The minimum Gasteiger partial charge on any atom is -0.392 e. The Morgan fingerprint density at radius 1 is 1.15 bits per heavy atom. The molecule has 2 aliphatic carbocycles. The van der Waals surface area contributed by atoms with Gasteiger partial charge in [0, 0.05) is 6.54 Å². The Bertz CT molecular complexity index is 149. The summed E-state index contributed by atoms with van der Waals surface area (Å²) in [5.74, 6) is 2.97. The zero-order valence-corrected chi connectivity index (χ0v) is 8.50. The molecule has 2 heteroatoms. The molecule has 0 saturated heterocycles. The van der Waals surface area contributed by atoms with Gasteiger partial charge in [0.15, 0.2) is 0 Å². The lowest BCUT2D eigenvalue weighted by Crippen LogP contribution is -2.31. The fraction of sp³-hybridized carbons (Fsp3) is 1.00. The van der Waals surface area contributed by atoms with Crippen molar-refractivity contribution in [3.05, 3.63) is 0 Å². The summed E-state index contributed by atoms with van der Waals surface area (Å²) in [7, 11) is 0. The Morgan fingerprint density at radius 3 is 2.08 bits per heavy atom. The number of hydrogen-bond acceptors (Lipinski definition) is 2. The first-order valence-corrected chi connectivity index (χ1v) is 5.66. The van der Waals surface area contributed by atoms with E-state index in [0.29, 0.717) is 0 Å². The van der Waals surface area contributed by atoms with Crippen molar-refractivity contribution in [3.63, 3.8) is 0 Å². The van der Waals surface area contributed by atoms with Crippen LogP contribution in [0.1, 0.15) is 32.6 Å². The van der Waals surface area contributed by atoms with Gasteiger partial charge in [-0.15, -0.1) is 0 Å². The summed E-state index contributed by atoms with van der Waals surface area (Å²) in [6.45, 7) is 3.74. The van der Waals surface area contributed by atoms with E-state index in [-0.39, 0.29) is 6.10 Å². The van der Waals surface area contributed by atoms with Gasteiger partial charge < -0.3 is 10.4 Å². The SMILES string of the molecule is CC(O)CNCC(C1CC1)C1CC1. The minimum absolute atomic E-state index is 0.195. The van der Waals surface area contributed by atoms with Crippen molar-refractivity contribution in [2.75, 3.05) is 13.1 Å². The van der Waals surface area contributed by atoms with Crippen molar-refractivity contribution < 1.29 is 5.11 Å². The quantitative estimate of drug-likeness (QED) is 0.652. The molecular formula is C11H21NO. The minimum atomic E-state index is -0.195. The molecule has 0 bridgehead atoms. The van der Waals surface area contributed by atoms with Gasteiger partial charge in [-0.05, 0) is 56.9 Å². The molecule has 0 radical (unpaired) electrons. The molecule has 2 rings (SSSR count). The van der Waals surface area contributed by atoms with Crippen molar-refractivity contribution in [2.24, 2.45) is 17.8 Å². The molecule has 2 N–H and O–H groups in total. The lowest BCUT2D eigenvalue weighted by molar-refractivity contribution is 0.187. The van der Waals surface area contributed by atoms with E-state index in [1.807, 2.05) is 6.92 Å². The van der Waals surface area contributed by atoms with Crippen molar-refractivity contribution in [3.8, 4) is 0 Å². The molecule has 2 aliphatic rings.